The number of rotatable bonds is 2. The Bertz CT molecular complexity index is 1600. The van der Waals surface area contributed by atoms with Crippen LogP contribution in [0.25, 0.3) is 21.5 Å². The van der Waals surface area contributed by atoms with E-state index in [0.717, 1.165) is 0 Å². The van der Waals surface area contributed by atoms with Crippen molar-refractivity contribution in [2.24, 2.45) is 5.92 Å². The summed E-state index contributed by atoms with van der Waals surface area (Å²) in [5, 5.41) is 5.48. The summed E-state index contributed by atoms with van der Waals surface area (Å²) in [5.74, 6) is 0.556. The van der Waals surface area contributed by atoms with Gasteiger partial charge in [0.05, 0.1) is 0 Å². The van der Waals surface area contributed by atoms with E-state index in [0.29, 0.717) is 5.92 Å². The number of hydrogen-bond donors (Lipinski definition) is 0. The zero-order chi connectivity index (χ0) is 30.5. The Morgan fingerprint density at radius 3 is 1.36 bits per heavy atom. The molecule has 44 heavy (non-hydrogen) atoms. The number of hydrogen-bond acceptors (Lipinski definition) is 0. The normalized spacial score (nSPS) is 14.0. The van der Waals surface area contributed by atoms with Crippen LogP contribution in [0.2, 0.25) is 0 Å². The second-order valence-electron chi connectivity index (χ2n) is 13.4. The molecule has 5 aromatic carbocycles. The molecule has 0 aromatic heterocycles. The molecule has 1 unspecified atom stereocenters. The van der Waals surface area contributed by atoms with Gasteiger partial charge in [0.25, 0.3) is 0 Å². The third-order valence-electron chi connectivity index (χ3n) is 7.65. The van der Waals surface area contributed by atoms with E-state index in [1.165, 1.54) is 76.8 Å². The summed E-state index contributed by atoms with van der Waals surface area (Å²) in [4.78, 5) is 0. The van der Waals surface area contributed by atoms with Crippen LogP contribution in [0.1, 0.15) is 77.6 Å². The molecular formula is C41H44Cl2Zr-2. The van der Waals surface area contributed by atoms with Gasteiger partial charge in [-0.2, -0.15) is 6.08 Å². The first-order valence-electron chi connectivity index (χ1n) is 14.9. The molecule has 0 fully saturated rings. The predicted octanol–water partition coefficient (Wildman–Crippen LogP) is 5.06. The molecule has 0 nitrogen and oxygen atoms in total. The van der Waals surface area contributed by atoms with Crippen molar-refractivity contribution in [2.75, 3.05) is 0 Å². The standard InChI is InChI=1S/C21H25.C13H10.C7H9.2ClH.Zr/c1-20(2,3)16-7-9-18-14(12-16)11-15-13-17(21(4,5)6)8-10-19(15)18;1-3-7-12(8-4-1)11-13-9-5-2-6-10-13;1-6-3-4-7(2)5-6;;;/h7-13H,1-6H3;1-10H;3,5,7H,1-2H3;2*1H;/q-1;;-1;;;+2/p-2. The van der Waals surface area contributed by atoms with Crippen LogP contribution in [-0.2, 0) is 35.1 Å². The average Bonchev–Trinajstić information content (AvgIpc) is 3.53. The zero-order valence-electron chi connectivity index (χ0n) is 27.3. The zero-order valence-corrected chi connectivity index (χ0v) is 31.3. The van der Waals surface area contributed by atoms with Gasteiger partial charge < -0.3 is 24.8 Å². The van der Waals surface area contributed by atoms with Crippen LogP contribution in [0.3, 0.4) is 0 Å². The molecule has 0 saturated carbocycles. The van der Waals surface area contributed by atoms with Gasteiger partial charge in [-0.15, -0.1) is 46.7 Å². The summed E-state index contributed by atoms with van der Waals surface area (Å²) in [5.41, 5.74) is 7.21. The third-order valence-corrected chi connectivity index (χ3v) is 9.07. The quantitative estimate of drug-likeness (QED) is 0.227. The van der Waals surface area contributed by atoms with Crippen molar-refractivity contribution in [3.8, 4) is 0 Å². The summed E-state index contributed by atoms with van der Waals surface area (Å²) in [6, 6.07) is 37.3. The molecule has 0 amide bonds. The van der Waals surface area contributed by atoms with Crippen molar-refractivity contribution >= 4 is 24.8 Å². The van der Waals surface area contributed by atoms with Crippen molar-refractivity contribution in [3.05, 3.63) is 149 Å². The van der Waals surface area contributed by atoms with Crippen molar-refractivity contribution in [2.45, 2.75) is 66.2 Å². The molecule has 228 valence electrons. The van der Waals surface area contributed by atoms with Crippen molar-refractivity contribution in [3.63, 3.8) is 0 Å². The Hall–Kier alpha value is -2.44. The van der Waals surface area contributed by atoms with Crippen LogP contribution in [0.5, 0.6) is 0 Å². The van der Waals surface area contributed by atoms with E-state index in [1.54, 1.807) is 0 Å². The minimum atomic E-state index is 0. The van der Waals surface area contributed by atoms with E-state index in [1.807, 2.05) is 6.08 Å². The fourth-order valence-electron chi connectivity index (χ4n) is 5.09. The molecule has 1 aliphatic carbocycles. The van der Waals surface area contributed by atoms with Crippen molar-refractivity contribution < 1.29 is 49.0 Å². The van der Waals surface area contributed by atoms with Gasteiger partial charge in [-0.05, 0) is 10.8 Å². The Kier molecular flexibility index (Phi) is 13.9. The van der Waals surface area contributed by atoms with Crippen molar-refractivity contribution in [1.29, 1.82) is 0 Å². The molecule has 5 aromatic rings. The molecule has 0 heterocycles. The number of allylic oxidation sites excluding steroid dienone is 4. The van der Waals surface area contributed by atoms with Gasteiger partial charge in [0.15, 0.2) is 0 Å². The summed E-state index contributed by atoms with van der Waals surface area (Å²) >= 11 is 1.46. The SMILES string of the molecule is CC(C)(C)c1ccc2c(c1)[cH-]c1cc(C(C)(C)C)ccc12.CC1=CC(C)[C-]=C1.[Cl-].[Cl-].[Zr+2]=[C](c1ccccc1)c1ccccc1. The summed E-state index contributed by atoms with van der Waals surface area (Å²) < 4.78 is 1.42. The molecule has 0 spiro atoms. The van der Waals surface area contributed by atoms with Gasteiger partial charge in [-0.3, -0.25) is 6.08 Å². The van der Waals surface area contributed by atoms with Gasteiger partial charge in [0.1, 0.15) is 0 Å². The Labute approximate surface area is 293 Å². The number of benzene rings is 4. The van der Waals surface area contributed by atoms with Gasteiger partial charge in [0.2, 0.25) is 0 Å². The summed E-state index contributed by atoms with van der Waals surface area (Å²) in [6.45, 7) is 17.9. The Balaban J connectivity index is 0.000000253. The molecule has 1 aliphatic rings. The fraction of sp³-hybridized carbons (Fsp3) is 0.268. The molecule has 3 heteroatoms. The minimum absolute atomic E-state index is 0. The van der Waals surface area contributed by atoms with Gasteiger partial charge >= 0.3 is 99.2 Å². The van der Waals surface area contributed by atoms with E-state index in [2.05, 4.69) is 171 Å². The maximum atomic E-state index is 3.15. The van der Waals surface area contributed by atoms with Gasteiger partial charge in [-0.25, -0.2) is 11.6 Å². The molecule has 1 atom stereocenters. The number of fused-ring (bicyclic) bond motifs is 3. The second-order valence-corrected chi connectivity index (χ2v) is 14.6. The maximum absolute atomic E-state index is 3.15. The van der Waals surface area contributed by atoms with E-state index >= 15 is 0 Å². The average molecular weight is 699 g/mol. The molecule has 0 aliphatic heterocycles. The molecule has 0 N–H and O–H groups in total. The van der Waals surface area contributed by atoms with Crippen LogP contribution in [0, 0.1) is 12.0 Å². The van der Waals surface area contributed by atoms with Crippen LogP contribution in [0.15, 0.2) is 121 Å². The molecular weight excluding hydrogens is 655 g/mol. The van der Waals surface area contributed by atoms with E-state index in [4.69, 9.17) is 0 Å². The molecule has 0 radical (unpaired) electrons. The summed E-state index contributed by atoms with van der Waals surface area (Å²) in [6.07, 6.45) is 7.38. The van der Waals surface area contributed by atoms with Crippen LogP contribution < -0.4 is 24.8 Å². The van der Waals surface area contributed by atoms with Crippen LogP contribution >= 0.6 is 0 Å². The van der Waals surface area contributed by atoms with Gasteiger partial charge in [0, 0.05) is 0 Å². The second kappa shape index (κ2) is 16.2. The monoisotopic (exact) mass is 696 g/mol. The number of halogens is 2. The van der Waals surface area contributed by atoms with Crippen LogP contribution in [-0.4, -0.2) is 3.21 Å². The predicted molar refractivity (Wildman–Crippen MR) is 181 cm³/mol. The first-order valence-corrected chi connectivity index (χ1v) is 16.2. The van der Waals surface area contributed by atoms with Crippen molar-refractivity contribution in [1.82, 2.24) is 0 Å². The third kappa shape index (κ3) is 10.0. The molecule has 0 saturated heterocycles. The first kappa shape index (κ1) is 37.7. The van der Waals surface area contributed by atoms with E-state index in [9.17, 15) is 0 Å². The summed E-state index contributed by atoms with van der Waals surface area (Å²) in [7, 11) is 0. The molecule has 0 bridgehead atoms. The van der Waals surface area contributed by atoms with E-state index in [-0.39, 0.29) is 35.6 Å². The Morgan fingerprint density at radius 1 is 0.659 bits per heavy atom. The Morgan fingerprint density at radius 2 is 1.07 bits per heavy atom. The molecule has 6 rings (SSSR count). The fourth-order valence-corrected chi connectivity index (χ4v) is 5.90. The van der Waals surface area contributed by atoms with E-state index < -0.39 is 0 Å². The first-order chi connectivity index (χ1) is 19.8. The van der Waals surface area contributed by atoms with Crippen LogP contribution in [0.4, 0.5) is 0 Å². The topological polar surface area (TPSA) is 0 Å². The van der Waals surface area contributed by atoms with Gasteiger partial charge in [-0.1, -0.05) is 89.8 Å².